The fourth-order valence-corrected chi connectivity index (χ4v) is 2.62. The first-order valence-electron chi connectivity index (χ1n) is 6.30. The molecule has 100 valence electrons. The third kappa shape index (κ3) is 2.28. The molecule has 0 amide bonds. The van der Waals surface area contributed by atoms with Crippen molar-refractivity contribution < 1.29 is 0 Å². The van der Waals surface area contributed by atoms with Crippen molar-refractivity contribution in [2.45, 2.75) is 39.3 Å². The van der Waals surface area contributed by atoms with E-state index >= 15 is 0 Å². The average Bonchev–Trinajstić information content (AvgIpc) is 2.77. The third-order valence-electron chi connectivity index (χ3n) is 3.40. The van der Waals surface area contributed by atoms with Gasteiger partial charge in [-0.3, -0.25) is 9.36 Å². The number of aromatic nitrogens is 5. The molecule has 0 unspecified atom stereocenters. The smallest absolute Gasteiger partial charge is 0.255 e. The number of aryl methyl sites for hydroxylation is 2. The van der Waals surface area contributed by atoms with E-state index in [1.54, 1.807) is 11.5 Å². The van der Waals surface area contributed by atoms with Crippen LogP contribution in [0.15, 0.2) is 10.9 Å². The monoisotopic (exact) mass is 279 g/mol. The van der Waals surface area contributed by atoms with Gasteiger partial charge in [0.25, 0.3) is 5.56 Å². The van der Waals surface area contributed by atoms with Crippen LogP contribution in [0.5, 0.6) is 0 Å². The molecule has 0 aromatic carbocycles. The Hall–Kier alpha value is -1.69. The molecule has 3 rings (SSSR count). The number of fused-ring (bicyclic) bond motifs is 1. The Bertz CT molecular complexity index is 675. The number of hydrogen-bond donors (Lipinski definition) is 0. The first kappa shape index (κ1) is 12.3. The zero-order valence-electron chi connectivity index (χ0n) is 10.6. The molecular formula is C12H14ClN5O. The van der Waals surface area contributed by atoms with Crippen molar-refractivity contribution in [2.75, 3.05) is 0 Å². The number of hydrogen-bond acceptors (Lipinski definition) is 4. The number of rotatable bonds is 2. The number of nitrogens with zero attached hydrogens (tertiary/aromatic N) is 5. The van der Waals surface area contributed by atoms with E-state index in [1.807, 2.05) is 0 Å². The van der Waals surface area contributed by atoms with Crippen LogP contribution in [0.2, 0.25) is 5.15 Å². The summed E-state index contributed by atoms with van der Waals surface area (Å²) in [5.74, 6) is 2.41. The highest BCUT2D eigenvalue weighted by Gasteiger charge is 2.17. The Morgan fingerprint density at radius 1 is 1.37 bits per heavy atom. The van der Waals surface area contributed by atoms with Crippen LogP contribution < -0.4 is 5.56 Å². The molecule has 0 atom stereocenters. The molecule has 0 spiro atoms. The first-order chi connectivity index (χ1) is 9.15. The Morgan fingerprint density at radius 2 is 2.21 bits per heavy atom. The summed E-state index contributed by atoms with van der Waals surface area (Å²) in [4.78, 5) is 16.0. The lowest BCUT2D eigenvalue weighted by Crippen LogP contribution is -2.25. The zero-order chi connectivity index (χ0) is 13.4. The van der Waals surface area contributed by atoms with Gasteiger partial charge in [-0.1, -0.05) is 11.6 Å². The maximum atomic E-state index is 11.9. The van der Waals surface area contributed by atoms with Crippen molar-refractivity contribution in [2.24, 2.45) is 0 Å². The average molecular weight is 280 g/mol. The van der Waals surface area contributed by atoms with Crippen LogP contribution in [-0.4, -0.2) is 24.3 Å². The molecule has 6 nitrogen and oxygen atoms in total. The van der Waals surface area contributed by atoms with Gasteiger partial charge >= 0.3 is 0 Å². The summed E-state index contributed by atoms with van der Waals surface area (Å²) in [7, 11) is 0. The summed E-state index contributed by atoms with van der Waals surface area (Å²) in [6.45, 7) is 3.08. The second-order valence-corrected chi connectivity index (χ2v) is 5.08. The van der Waals surface area contributed by atoms with Gasteiger partial charge in [0.15, 0.2) is 5.82 Å². The standard InChI is InChI=1S/C12H14ClN5O/c1-8-14-9(13)6-12(19)18(8)7-11-16-15-10-4-2-3-5-17(10)11/h6H,2-5,7H2,1H3. The molecule has 0 bridgehead atoms. The molecule has 3 heterocycles. The molecule has 0 saturated heterocycles. The van der Waals surface area contributed by atoms with E-state index in [-0.39, 0.29) is 10.7 Å². The molecule has 7 heteroatoms. The van der Waals surface area contributed by atoms with Gasteiger partial charge in [-0.25, -0.2) is 4.98 Å². The highest BCUT2D eigenvalue weighted by Crippen LogP contribution is 2.15. The Morgan fingerprint density at radius 3 is 3.00 bits per heavy atom. The van der Waals surface area contributed by atoms with Gasteiger partial charge in [0, 0.05) is 19.0 Å². The Balaban J connectivity index is 1.98. The second-order valence-electron chi connectivity index (χ2n) is 4.69. The minimum absolute atomic E-state index is 0.161. The van der Waals surface area contributed by atoms with Crippen molar-refractivity contribution in [1.82, 2.24) is 24.3 Å². The Kier molecular flexibility index (Phi) is 3.10. The van der Waals surface area contributed by atoms with E-state index in [9.17, 15) is 4.79 Å². The minimum Gasteiger partial charge on any atom is -0.313 e. The summed E-state index contributed by atoms with van der Waals surface area (Å²) < 4.78 is 3.67. The van der Waals surface area contributed by atoms with E-state index in [4.69, 9.17) is 11.6 Å². The summed E-state index contributed by atoms with van der Waals surface area (Å²) in [6.07, 6.45) is 3.24. The first-order valence-corrected chi connectivity index (χ1v) is 6.68. The molecule has 0 radical (unpaired) electrons. The fourth-order valence-electron chi connectivity index (χ4n) is 2.41. The highest BCUT2D eigenvalue weighted by molar-refractivity contribution is 6.29. The molecule has 0 saturated carbocycles. The lowest BCUT2D eigenvalue weighted by Gasteiger charge is -2.15. The van der Waals surface area contributed by atoms with E-state index in [0.717, 1.165) is 37.5 Å². The number of halogens is 1. The lowest BCUT2D eigenvalue weighted by atomic mass is 10.2. The van der Waals surface area contributed by atoms with Crippen molar-refractivity contribution in [3.05, 3.63) is 39.0 Å². The molecule has 1 aliphatic heterocycles. The van der Waals surface area contributed by atoms with Crippen LogP contribution in [0.1, 0.15) is 30.3 Å². The van der Waals surface area contributed by atoms with Crippen molar-refractivity contribution in [3.63, 3.8) is 0 Å². The van der Waals surface area contributed by atoms with Gasteiger partial charge in [-0.15, -0.1) is 10.2 Å². The van der Waals surface area contributed by atoms with Gasteiger partial charge in [0.1, 0.15) is 16.8 Å². The van der Waals surface area contributed by atoms with Gasteiger partial charge < -0.3 is 4.57 Å². The second kappa shape index (κ2) is 4.77. The molecule has 19 heavy (non-hydrogen) atoms. The highest BCUT2D eigenvalue weighted by atomic mass is 35.5. The predicted molar refractivity (Wildman–Crippen MR) is 70.3 cm³/mol. The van der Waals surface area contributed by atoms with E-state index in [2.05, 4.69) is 19.7 Å². The van der Waals surface area contributed by atoms with Crippen LogP contribution >= 0.6 is 11.6 Å². The Labute approximate surface area is 115 Å². The van der Waals surface area contributed by atoms with Crippen LogP contribution in [-0.2, 0) is 19.5 Å². The molecule has 2 aromatic heterocycles. The van der Waals surface area contributed by atoms with Crippen LogP contribution in [0, 0.1) is 6.92 Å². The van der Waals surface area contributed by atoms with E-state index in [0.29, 0.717) is 12.4 Å². The summed E-state index contributed by atoms with van der Waals surface area (Å²) in [5.41, 5.74) is -0.161. The van der Waals surface area contributed by atoms with Gasteiger partial charge in [0.05, 0.1) is 6.54 Å². The van der Waals surface area contributed by atoms with Gasteiger partial charge in [-0.05, 0) is 19.8 Å². The lowest BCUT2D eigenvalue weighted by molar-refractivity contribution is 0.498. The zero-order valence-corrected chi connectivity index (χ0v) is 11.4. The molecule has 2 aromatic rings. The largest absolute Gasteiger partial charge is 0.313 e. The maximum Gasteiger partial charge on any atom is 0.255 e. The maximum absolute atomic E-state index is 11.9. The molecule has 0 aliphatic carbocycles. The van der Waals surface area contributed by atoms with Crippen molar-refractivity contribution in [3.8, 4) is 0 Å². The molecule has 1 aliphatic rings. The molecule has 0 N–H and O–H groups in total. The normalized spacial score (nSPS) is 14.4. The quantitative estimate of drug-likeness (QED) is 0.775. The van der Waals surface area contributed by atoms with E-state index < -0.39 is 0 Å². The summed E-state index contributed by atoms with van der Waals surface area (Å²) in [5, 5.41) is 8.60. The third-order valence-corrected chi connectivity index (χ3v) is 3.60. The summed E-state index contributed by atoms with van der Waals surface area (Å²) in [6, 6.07) is 1.32. The van der Waals surface area contributed by atoms with Gasteiger partial charge in [0.2, 0.25) is 0 Å². The van der Waals surface area contributed by atoms with Crippen LogP contribution in [0.25, 0.3) is 0 Å². The fraction of sp³-hybridized carbons (Fsp3) is 0.500. The van der Waals surface area contributed by atoms with E-state index in [1.165, 1.54) is 6.07 Å². The molecule has 0 fully saturated rings. The predicted octanol–water partition coefficient (Wildman–Crippen LogP) is 1.18. The topological polar surface area (TPSA) is 65.6 Å². The summed E-state index contributed by atoms with van der Waals surface area (Å²) >= 11 is 5.76. The van der Waals surface area contributed by atoms with Crippen molar-refractivity contribution >= 4 is 11.6 Å². The van der Waals surface area contributed by atoms with Crippen LogP contribution in [0.4, 0.5) is 0 Å². The minimum atomic E-state index is -0.161. The SMILES string of the molecule is Cc1nc(Cl)cc(=O)n1Cc1nnc2n1CCCC2. The van der Waals surface area contributed by atoms with Gasteiger partial charge in [-0.2, -0.15) is 0 Å². The van der Waals surface area contributed by atoms with Crippen molar-refractivity contribution in [1.29, 1.82) is 0 Å². The molecular weight excluding hydrogens is 266 g/mol. The van der Waals surface area contributed by atoms with Crippen LogP contribution in [0.3, 0.4) is 0 Å².